The first-order chi connectivity index (χ1) is 10.3. The quantitative estimate of drug-likeness (QED) is 0.809. The van der Waals surface area contributed by atoms with Crippen molar-refractivity contribution < 1.29 is 4.74 Å². The predicted molar refractivity (Wildman–Crippen MR) is 87.0 cm³/mol. The van der Waals surface area contributed by atoms with Gasteiger partial charge in [0.25, 0.3) is 0 Å². The first-order valence-corrected chi connectivity index (χ1v) is 8.54. The molecule has 0 amide bonds. The highest BCUT2D eigenvalue weighted by Crippen LogP contribution is 2.21. The molecule has 0 atom stereocenters. The molecule has 1 aliphatic carbocycles. The van der Waals surface area contributed by atoms with Gasteiger partial charge in [-0.1, -0.05) is 19.1 Å². The van der Waals surface area contributed by atoms with Gasteiger partial charge in [0, 0.05) is 30.1 Å². The number of hydrogen-bond acceptors (Lipinski definition) is 4. The molecule has 0 spiro atoms. The van der Waals surface area contributed by atoms with E-state index in [4.69, 9.17) is 4.74 Å². The van der Waals surface area contributed by atoms with Gasteiger partial charge in [0.15, 0.2) is 0 Å². The summed E-state index contributed by atoms with van der Waals surface area (Å²) in [6.45, 7) is 3.81. The lowest BCUT2D eigenvalue weighted by Crippen LogP contribution is -2.14. The lowest BCUT2D eigenvalue weighted by Gasteiger charge is -2.05. The summed E-state index contributed by atoms with van der Waals surface area (Å²) in [5.74, 6) is 0.944. The lowest BCUT2D eigenvalue weighted by molar-refractivity contribution is 0.321. The fraction of sp³-hybridized carbons (Fsp3) is 0.471. The third kappa shape index (κ3) is 4.55. The number of thiazole rings is 1. The number of rotatable bonds is 8. The Morgan fingerprint density at radius 2 is 2.10 bits per heavy atom. The van der Waals surface area contributed by atoms with Crippen molar-refractivity contribution in [2.24, 2.45) is 0 Å². The maximum Gasteiger partial charge on any atom is 0.119 e. The minimum atomic E-state index is 0.689. The second kappa shape index (κ2) is 7.05. The molecule has 4 heteroatoms. The van der Waals surface area contributed by atoms with Gasteiger partial charge in [0.2, 0.25) is 0 Å². The molecule has 1 aromatic carbocycles. The fourth-order valence-electron chi connectivity index (χ4n) is 2.16. The third-order valence-corrected chi connectivity index (χ3v) is 4.72. The van der Waals surface area contributed by atoms with Crippen LogP contribution in [0.1, 0.15) is 35.2 Å². The van der Waals surface area contributed by atoms with Crippen LogP contribution in [0.25, 0.3) is 0 Å². The summed E-state index contributed by atoms with van der Waals surface area (Å²) in [4.78, 5) is 5.79. The van der Waals surface area contributed by atoms with Crippen molar-refractivity contribution in [2.75, 3.05) is 6.61 Å². The highest BCUT2D eigenvalue weighted by atomic mass is 32.1. The molecule has 0 radical (unpaired) electrons. The molecule has 0 unspecified atom stereocenters. The summed E-state index contributed by atoms with van der Waals surface area (Å²) in [6, 6.07) is 9.10. The van der Waals surface area contributed by atoms with Gasteiger partial charge in [0.1, 0.15) is 5.75 Å². The van der Waals surface area contributed by atoms with E-state index < -0.39 is 0 Å². The van der Waals surface area contributed by atoms with Gasteiger partial charge in [-0.3, -0.25) is 0 Å². The second-order valence-electron chi connectivity index (χ2n) is 5.47. The average molecular weight is 302 g/mol. The van der Waals surface area contributed by atoms with Crippen LogP contribution in [-0.4, -0.2) is 17.6 Å². The molecule has 0 aliphatic heterocycles. The Morgan fingerprint density at radius 1 is 1.29 bits per heavy atom. The van der Waals surface area contributed by atoms with E-state index in [0.29, 0.717) is 6.61 Å². The summed E-state index contributed by atoms with van der Waals surface area (Å²) in [5.41, 5.74) is 1.34. The molecule has 1 heterocycles. The molecule has 0 saturated heterocycles. The summed E-state index contributed by atoms with van der Waals surface area (Å²) in [5, 5.41) is 4.68. The van der Waals surface area contributed by atoms with Crippen molar-refractivity contribution in [2.45, 2.75) is 45.2 Å². The van der Waals surface area contributed by atoms with Crippen molar-refractivity contribution in [3.63, 3.8) is 0 Å². The maximum absolute atomic E-state index is 5.78. The van der Waals surface area contributed by atoms with Crippen molar-refractivity contribution in [3.8, 4) is 5.75 Å². The Morgan fingerprint density at radius 3 is 2.81 bits per heavy atom. The Bertz CT molecular complexity index is 560. The molecule has 1 saturated carbocycles. The van der Waals surface area contributed by atoms with Gasteiger partial charge < -0.3 is 10.1 Å². The van der Waals surface area contributed by atoms with E-state index in [1.165, 1.54) is 23.3 Å². The van der Waals surface area contributed by atoms with Crippen molar-refractivity contribution in [3.05, 3.63) is 45.9 Å². The van der Waals surface area contributed by atoms with Crippen LogP contribution in [0.15, 0.2) is 30.5 Å². The molecule has 1 aromatic heterocycles. The molecule has 3 nitrogen and oxygen atoms in total. The van der Waals surface area contributed by atoms with Crippen LogP contribution >= 0.6 is 11.3 Å². The largest absolute Gasteiger partial charge is 0.493 e. The molecule has 1 N–H and O–H groups in total. The summed E-state index contributed by atoms with van der Waals surface area (Å²) >= 11 is 1.79. The number of benzene rings is 1. The van der Waals surface area contributed by atoms with E-state index in [2.05, 4.69) is 29.4 Å². The first kappa shape index (κ1) is 14.5. The molecule has 0 bridgehead atoms. The minimum absolute atomic E-state index is 0.689. The van der Waals surface area contributed by atoms with E-state index in [9.17, 15) is 0 Å². The van der Waals surface area contributed by atoms with Crippen LogP contribution in [0.3, 0.4) is 0 Å². The SMILES string of the molecule is CCc1ccc(OCCc2ncc(CNC3CC3)s2)cc1. The average Bonchev–Trinajstić information content (AvgIpc) is 3.25. The van der Waals surface area contributed by atoms with Gasteiger partial charge in [-0.05, 0) is 37.0 Å². The molecular formula is C17H22N2OS. The molecule has 3 rings (SSSR count). The molecule has 112 valence electrons. The number of hydrogen-bond donors (Lipinski definition) is 1. The summed E-state index contributed by atoms with van der Waals surface area (Å²) in [7, 11) is 0. The van der Waals surface area contributed by atoms with Gasteiger partial charge >= 0.3 is 0 Å². The monoisotopic (exact) mass is 302 g/mol. The zero-order chi connectivity index (χ0) is 14.5. The Hall–Kier alpha value is -1.39. The second-order valence-corrected chi connectivity index (χ2v) is 6.67. The van der Waals surface area contributed by atoms with Crippen LogP contribution in [-0.2, 0) is 19.4 Å². The van der Waals surface area contributed by atoms with Crippen molar-refractivity contribution in [1.82, 2.24) is 10.3 Å². The van der Waals surface area contributed by atoms with E-state index in [1.807, 2.05) is 18.3 Å². The number of aryl methyl sites for hydroxylation is 1. The van der Waals surface area contributed by atoms with Crippen LogP contribution < -0.4 is 10.1 Å². The number of nitrogens with one attached hydrogen (secondary N) is 1. The van der Waals surface area contributed by atoms with Crippen molar-refractivity contribution in [1.29, 1.82) is 0 Å². The molecule has 1 aliphatic rings. The lowest BCUT2D eigenvalue weighted by atomic mass is 10.2. The Kier molecular flexibility index (Phi) is 4.88. The van der Waals surface area contributed by atoms with Gasteiger partial charge in [-0.15, -0.1) is 11.3 Å². The van der Waals surface area contributed by atoms with Crippen molar-refractivity contribution >= 4 is 11.3 Å². The molecule has 21 heavy (non-hydrogen) atoms. The van der Waals surface area contributed by atoms with Crippen LogP contribution in [0.2, 0.25) is 0 Å². The minimum Gasteiger partial charge on any atom is -0.493 e. The zero-order valence-electron chi connectivity index (χ0n) is 12.5. The molecular weight excluding hydrogens is 280 g/mol. The number of nitrogens with zero attached hydrogens (tertiary/aromatic N) is 1. The zero-order valence-corrected chi connectivity index (χ0v) is 13.3. The molecule has 1 fully saturated rings. The summed E-state index contributed by atoms with van der Waals surface area (Å²) < 4.78 is 5.78. The number of aromatic nitrogens is 1. The number of ether oxygens (including phenoxy) is 1. The maximum atomic E-state index is 5.78. The smallest absolute Gasteiger partial charge is 0.119 e. The third-order valence-electron chi connectivity index (χ3n) is 3.66. The Balaban J connectivity index is 1.41. The van der Waals surface area contributed by atoms with Crippen LogP contribution in [0.5, 0.6) is 5.75 Å². The van der Waals surface area contributed by atoms with Gasteiger partial charge in [-0.25, -0.2) is 4.98 Å². The van der Waals surface area contributed by atoms with Gasteiger partial charge in [0.05, 0.1) is 11.6 Å². The fourth-order valence-corrected chi connectivity index (χ4v) is 3.01. The highest BCUT2D eigenvalue weighted by molar-refractivity contribution is 7.11. The highest BCUT2D eigenvalue weighted by Gasteiger charge is 2.20. The van der Waals surface area contributed by atoms with Crippen LogP contribution in [0, 0.1) is 0 Å². The van der Waals surface area contributed by atoms with E-state index >= 15 is 0 Å². The topological polar surface area (TPSA) is 34.1 Å². The molecule has 2 aromatic rings. The first-order valence-electron chi connectivity index (χ1n) is 7.72. The standard InChI is InChI=1S/C17H22N2OS/c1-2-13-3-7-15(8-4-13)20-10-9-17-19-12-16(21-17)11-18-14-5-6-14/h3-4,7-8,12,14,18H,2,5-6,9-11H2,1H3. The van der Waals surface area contributed by atoms with Gasteiger partial charge in [-0.2, -0.15) is 0 Å². The van der Waals surface area contributed by atoms with E-state index in [-0.39, 0.29) is 0 Å². The normalized spacial score (nSPS) is 14.3. The van der Waals surface area contributed by atoms with E-state index in [1.54, 1.807) is 11.3 Å². The summed E-state index contributed by atoms with van der Waals surface area (Å²) in [6.07, 6.45) is 6.60. The van der Waals surface area contributed by atoms with E-state index in [0.717, 1.165) is 36.2 Å². The van der Waals surface area contributed by atoms with Crippen LogP contribution in [0.4, 0.5) is 0 Å². The predicted octanol–water partition coefficient (Wildman–Crippen LogP) is 3.58. The Labute approximate surface area is 130 Å².